The number of hydrogen-bond acceptors (Lipinski definition) is 5. The molecule has 2 rings (SSSR count). The molecule has 0 spiro atoms. The summed E-state index contributed by atoms with van der Waals surface area (Å²) in [6.45, 7) is 6.12. The highest BCUT2D eigenvalue weighted by atomic mass is 32.2. The Morgan fingerprint density at radius 3 is 2.14 bits per heavy atom. The third-order valence-electron chi connectivity index (χ3n) is 3.69. The molecular formula is C18H20F3N3O3S. The fraction of sp³-hybridized carbons (Fsp3) is 0.333. The highest BCUT2D eigenvalue weighted by Crippen LogP contribution is 2.31. The molecule has 3 N–H and O–H groups in total. The lowest BCUT2D eigenvalue weighted by Gasteiger charge is -2.18. The number of amides is 1. The summed E-state index contributed by atoms with van der Waals surface area (Å²) in [5.41, 5.74) is 4.37. The van der Waals surface area contributed by atoms with Crippen LogP contribution < -0.4 is 11.1 Å². The predicted octanol–water partition coefficient (Wildman–Crippen LogP) is 3.29. The van der Waals surface area contributed by atoms with E-state index in [4.69, 9.17) is 5.73 Å². The summed E-state index contributed by atoms with van der Waals surface area (Å²) in [5, 5.41) is 2.65. The minimum atomic E-state index is -4.57. The Kier molecular flexibility index (Phi) is 5.74. The van der Waals surface area contributed by atoms with E-state index in [9.17, 15) is 26.4 Å². The first-order chi connectivity index (χ1) is 12.7. The minimum absolute atomic E-state index is 0.129. The lowest BCUT2D eigenvalue weighted by Crippen LogP contribution is -2.33. The Bertz CT molecular complexity index is 980. The van der Waals surface area contributed by atoms with Gasteiger partial charge < -0.3 is 11.1 Å². The van der Waals surface area contributed by atoms with Crippen molar-refractivity contribution in [3.63, 3.8) is 0 Å². The number of hydrogen-bond donors (Lipinski definition) is 2. The fourth-order valence-electron chi connectivity index (χ4n) is 2.19. The number of nitrogen functional groups attached to an aromatic ring is 1. The van der Waals surface area contributed by atoms with Crippen LogP contribution in [-0.2, 0) is 16.0 Å². The maximum absolute atomic E-state index is 12.6. The first-order valence-electron chi connectivity index (χ1n) is 8.18. The summed E-state index contributed by atoms with van der Waals surface area (Å²) in [6, 6.07) is 4.14. The molecular weight excluding hydrogens is 395 g/mol. The first kappa shape index (κ1) is 21.7. The van der Waals surface area contributed by atoms with Gasteiger partial charge in [-0.15, -0.1) is 0 Å². The van der Waals surface area contributed by atoms with Crippen LogP contribution in [0.2, 0.25) is 0 Å². The lowest BCUT2D eigenvalue weighted by molar-refractivity contribution is -0.137. The minimum Gasteiger partial charge on any atom is -0.397 e. The molecule has 0 saturated heterocycles. The van der Waals surface area contributed by atoms with Gasteiger partial charge in [0.25, 0.3) is 5.91 Å². The maximum Gasteiger partial charge on any atom is 0.416 e. The van der Waals surface area contributed by atoms with Crippen molar-refractivity contribution in [3.05, 3.63) is 47.8 Å². The monoisotopic (exact) mass is 415 g/mol. The second kappa shape index (κ2) is 7.42. The van der Waals surface area contributed by atoms with Crippen LogP contribution in [0.25, 0.3) is 0 Å². The third kappa shape index (κ3) is 5.00. The number of halogens is 3. The van der Waals surface area contributed by atoms with Crippen LogP contribution in [-0.4, -0.2) is 25.9 Å². The molecule has 2 aromatic rings. The Balaban J connectivity index is 2.30. The Hall–Kier alpha value is -2.62. The van der Waals surface area contributed by atoms with Crippen molar-refractivity contribution < 1.29 is 26.4 Å². The van der Waals surface area contributed by atoms with Crippen LogP contribution in [0.5, 0.6) is 0 Å². The van der Waals surface area contributed by atoms with Gasteiger partial charge in [0.05, 0.1) is 21.0 Å². The highest BCUT2D eigenvalue weighted by molar-refractivity contribution is 7.91. The number of pyridine rings is 1. The number of rotatable bonds is 4. The zero-order chi connectivity index (χ0) is 21.3. The number of aromatic nitrogens is 1. The summed E-state index contributed by atoms with van der Waals surface area (Å²) < 4.78 is 63.1. The summed E-state index contributed by atoms with van der Waals surface area (Å²) in [7, 11) is -4.14. The first-order valence-corrected chi connectivity index (χ1v) is 9.66. The number of sulfone groups is 1. The molecule has 1 heterocycles. The van der Waals surface area contributed by atoms with E-state index in [1.807, 2.05) is 20.8 Å². The number of carbonyl (C=O) groups is 1. The van der Waals surface area contributed by atoms with Crippen molar-refractivity contribution >= 4 is 21.4 Å². The summed E-state index contributed by atoms with van der Waals surface area (Å²) in [6.07, 6.45) is -3.62. The zero-order valence-electron chi connectivity index (χ0n) is 15.5. The van der Waals surface area contributed by atoms with Gasteiger partial charge in [0.2, 0.25) is 9.84 Å². The number of nitrogens with two attached hydrogens (primary N) is 1. The summed E-state index contributed by atoms with van der Waals surface area (Å²) >= 11 is 0. The summed E-state index contributed by atoms with van der Waals surface area (Å²) in [4.78, 5) is 15.3. The molecule has 0 aliphatic carbocycles. The second-order valence-corrected chi connectivity index (χ2v) is 9.33. The zero-order valence-corrected chi connectivity index (χ0v) is 16.3. The smallest absolute Gasteiger partial charge is 0.397 e. The molecule has 152 valence electrons. The molecule has 6 nitrogen and oxygen atoms in total. The molecule has 0 bridgehead atoms. The van der Waals surface area contributed by atoms with E-state index in [1.165, 1.54) is 0 Å². The van der Waals surface area contributed by atoms with E-state index in [-0.39, 0.29) is 26.6 Å². The Morgan fingerprint density at radius 1 is 1.11 bits per heavy atom. The van der Waals surface area contributed by atoms with Crippen molar-refractivity contribution in [1.82, 2.24) is 10.3 Å². The molecule has 1 aromatic heterocycles. The van der Waals surface area contributed by atoms with Crippen LogP contribution >= 0.6 is 0 Å². The fourth-order valence-corrected chi connectivity index (χ4v) is 3.43. The van der Waals surface area contributed by atoms with Gasteiger partial charge in [-0.3, -0.25) is 4.79 Å². The average Bonchev–Trinajstić information content (AvgIpc) is 2.58. The van der Waals surface area contributed by atoms with E-state index < -0.39 is 27.5 Å². The quantitative estimate of drug-likeness (QED) is 0.798. The normalized spacial score (nSPS) is 12.6. The molecule has 0 aliphatic heterocycles. The van der Waals surface area contributed by atoms with Crippen LogP contribution in [0.4, 0.5) is 18.9 Å². The maximum atomic E-state index is 12.6. The number of benzene rings is 1. The largest absolute Gasteiger partial charge is 0.416 e. The number of nitrogens with one attached hydrogen (secondary N) is 1. The van der Waals surface area contributed by atoms with Crippen molar-refractivity contribution in [3.8, 4) is 0 Å². The van der Waals surface area contributed by atoms with E-state index in [2.05, 4.69) is 10.3 Å². The van der Waals surface area contributed by atoms with Crippen LogP contribution in [0.3, 0.4) is 0 Å². The van der Waals surface area contributed by atoms with E-state index in [0.717, 1.165) is 24.4 Å². The van der Waals surface area contributed by atoms with Gasteiger partial charge in [0.15, 0.2) is 5.69 Å². The van der Waals surface area contributed by atoms with Crippen molar-refractivity contribution in [2.45, 2.75) is 36.7 Å². The summed E-state index contributed by atoms with van der Waals surface area (Å²) in [5.74, 6) is -0.550. The number of nitrogens with zero attached hydrogens (tertiary/aromatic N) is 1. The van der Waals surface area contributed by atoms with Crippen LogP contribution in [0, 0.1) is 5.41 Å². The van der Waals surface area contributed by atoms with Crippen molar-refractivity contribution in [2.75, 3.05) is 12.3 Å². The van der Waals surface area contributed by atoms with Crippen molar-refractivity contribution in [2.24, 2.45) is 5.41 Å². The Labute approximate surface area is 160 Å². The van der Waals surface area contributed by atoms with E-state index in [1.54, 1.807) is 0 Å². The SMILES string of the molecule is CC(C)(C)CNC(=O)c1ncc(S(=O)(=O)c2ccc(C(F)(F)F)cc2)cc1N. The molecule has 0 atom stereocenters. The molecule has 0 unspecified atom stereocenters. The molecule has 28 heavy (non-hydrogen) atoms. The predicted molar refractivity (Wildman–Crippen MR) is 97.3 cm³/mol. The van der Waals surface area contributed by atoms with Crippen molar-refractivity contribution in [1.29, 1.82) is 0 Å². The van der Waals surface area contributed by atoms with Gasteiger partial charge >= 0.3 is 6.18 Å². The topological polar surface area (TPSA) is 102 Å². The van der Waals surface area contributed by atoms with Gasteiger partial charge in [-0.1, -0.05) is 20.8 Å². The molecule has 0 radical (unpaired) electrons. The Morgan fingerprint density at radius 2 is 1.68 bits per heavy atom. The standard InChI is InChI=1S/C18H20F3N3O3S/c1-17(2,3)10-24-16(25)15-14(22)8-13(9-23-15)28(26,27)12-6-4-11(5-7-12)18(19,20)21/h4-9H,10,22H2,1-3H3,(H,24,25). The van der Waals surface area contributed by atoms with Crippen LogP contribution in [0.1, 0.15) is 36.8 Å². The molecule has 0 fully saturated rings. The van der Waals surface area contributed by atoms with Crippen LogP contribution in [0.15, 0.2) is 46.3 Å². The molecule has 0 aliphatic rings. The van der Waals surface area contributed by atoms with Gasteiger partial charge in [-0.25, -0.2) is 13.4 Å². The molecule has 10 heteroatoms. The molecule has 0 saturated carbocycles. The second-order valence-electron chi connectivity index (χ2n) is 7.38. The van der Waals surface area contributed by atoms with Gasteiger partial charge in [-0.05, 0) is 35.7 Å². The lowest BCUT2D eigenvalue weighted by atomic mass is 9.97. The molecule has 1 aromatic carbocycles. The number of carbonyl (C=O) groups excluding carboxylic acids is 1. The van der Waals surface area contributed by atoms with E-state index in [0.29, 0.717) is 18.7 Å². The number of anilines is 1. The molecule has 1 amide bonds. The van der Waals surface area contributed by atoms with E-state index >= 15 is 0 Å². The number of alkyl halides is 3. The van der Waals surface area contributed by atoms with Gasteiger partial charge in [0.1, 0.15) is 0 Å². The average molecular weight is 415 g/mol. The van der Waals surface area contributed by atoms with Gasteiger partial charge in [0, 0.05) is 12.7 Å². The highest BCUT2D eigenvalue weighted by Gasteiger charge is 2.31. The third-order valence-corrected chi connectivity index (χ3v) is 5.43. The van der Waals surface area contributed by atoms with Gasteiger partial charge in [-0.2, -0.15) is 13.2 Å².